The van der Waals surface area contributed by atoms with Crippen molar-refractivity contribution in [2.45, 2.75) is 133 Å². The molecule has 0 aromatic rings. The lowest BCUT2D eigenvalue weighted by molar-refractivity contribution is -0.293. The van der Waals surface area contributed by atoms with Crippen LogP contribution in [0, 0.1) is 5.92 Å². The van der Waals surface area contributed by atoms with Crippen molar-refractivity contribution in [1.82, 2.24) is 10.2 Å². The molecule has 1 saturated heterocycles. The zero-order valence-electron chi connectivity index (χ0n) is 26.2. The summed E-state index contributed by atoms with van der Waals surface area (Å²) in [6.45, 7) is 4.40. The Kier molecular flexibility index (Phi) is 18.1. The van der Waals surface area contributed by atoms with Gasteiger partial charge in [0.1, 0.15) is 30.5 Å². The summed E-state index contributed by atoms with van der Waals surface area (Å²) in [7, 11) is 0. The fraction of sp³-hybridized carbons (Fsp3) is 0.933. The molecule has 1 aliphatic carbocycles. The number of carbonyl (C=O) groups excluding carboxylic acids is 2. The number of aliphatic hydroxyl groups excluding tert-OH is 7. The van der Waals surface area contributed by atoms with Crippen LogP contribution in [0.2, 0.25) is 0 Å². The molecule has 1 aliphatic heterocycles. The average molecular weight is 637 g/mol. The van der Waals surface area contributed by atoms with Gasteiger partial charge in [-0.05, 0) is 39.5 Å². The molecular formula is C30H56N2O12. The van der Waals surface area contributed by atoms with E-state index in [1.54, 1.807) is 11.8 Å². The van der Waals surface area contributed by atoms with E-state index in [9.17, 15) is 45.3 Å². The summed E-state index contributed by atoms with van der Waals surface area (Å²) in [4.78, 5) is 26.3. The first kappa shape index (κ1) is 38.7. The molecule has 0 aromatic carbocycles. The van der Waals surface area contributed by atoms with Crippen LogP contribution in [0.3, 0.4) is 0 Å². The van der Waals surface area contributed by atoms with E-state index in [2.05, 4.69) is 5.32 Å². The van der Waals surface area contributed by atoms with Gasteiger partial charge >= 0.3 is 0 Å². The van der Waals surface area contributed by atoms with Crippen LogP contribution in [0.15, 0.2) is 0 Å². The van der Waals surface area contributed by atoms with Crippen molar-refractivity contribution in [1.29, 1.82) is 0 Å². The normalized spacial score (nSPS) is 32.4. The first-order valence-corrected chi connectivity index (χ1v) is 16.1. The van der Waals surface area contributed by atoms with Crippen molar-refractivity contribution in [3.8, 4) is 0 Å². The zero-order valence-corrected chi connectivity index (χ0v) is 26.2. The second-order valence-corrected chi connectivity index (χ2v) is 11.9. The highest BCUT2D eigenvalue weighted by Gasteiger charge is 2.43. The minimum Gasteiger partial charge on any atom is -0.396 e. The Labute approximate surface area is 260 Å². The third kappa shape index (κ3) is 12.4. The Hall–Kier alpha value is -1.46. The van der Waals surface area contributed by atoms with Crippen LogP contribution in [0.4, 0.5) is 0 Å². The van der Waals surface area contributed by atoms with Crippen molar-refractivity contribution in [3.05, 3.63) is 0 Å². The standard InChI is InChI=1S/C30H56N2O12/c1-3-31-22(34)11-8-6-4-5-7-9-12-23(35)32(14-16-43-30-29(41)27(39)24(36)19(2)44-30)13-10-15-42-21-17-20(18-33)25(37)28(40)26(21)38/h19-21,24-30,33,36-41H,3-18H2,1-2H3,(H,31,34)/t19-,20+,21-,24+,25+,26+,27+,28-,29-,30+/m0/s1. The quantitative estimate of drug-likeness (QED) is 0.0738. The van der Waals surface area contributed by atoms with E-state index in [4.69, 9.17) is 14.2 Å². The maximum Gasteiger partial charge on any atom is 0.222 e. The van der Waals surface area contributed by atoms with E-state index in [1.807, 2.05) is 6.92 Å². The molecule has 2 amide bonds. The number of rotatable bonds is 20. The molecule has 2 rings (SSSR count). The lowest BCUT2D eigenvalue weighted by Crippen LogP contribution is -2.57. The van der Waals surface area contributed by atoms with E-state index in [0.29, 0.717) is 38.8 Å². The summed E-state index contributed by atoms with van der Waals surface area (Å²) in [5.74, 6) is -0.634. The Morgan fingerprint density at radius 1 is 0.773 bits per heavy atom. The van der Waals surface area contributed by atoms with Crippen LogP contribution < -0.4 is 5.32 Å². The molecule has 14 heteroatoms. The maximum atomic E-state index is 13.1. The van der Waals surface area contributed by atoms with Crippen LogP contribution in [0.5, 0.6) is 0 Å². The molecule has 0 bridgehead atoms. The zero-order chi connectivity index (χ0) is 32.6. The molecule has 1 saturated carbocycles. The Balaban J connectivity index is 1.81. The SMILES string of the molecule is CCNC(=O)CCCCCCCCC(=O)N(CCCO[C@H]1C[C@H](CO)[C@@H](O)[C@H](O)[C@@H]1O)CCO[C@@H]1O[C@@H](C)[C@@H](O)[C@@H](O)[C@@H]1O. The predicted octanol–water partition coefficient (Wildman–Crippen LogP) is -1.21. The first-order valence-electron chi connectivity index (χ1n) is 16.1. The number of nitrogens with one attached hydrogen (secondary N) is 1. The van der Waals surface area contributed by atoms with Gasteiger partial charge in [0.15, 0.2) is 6.29 Å². The number of ether oxygens (including phenoxy) is 3. The first-order chi connectivity index (χ1) is 21.0. The highest BCUT2D eigenvalue weighted by Crippen LogP contribution is 2.28. The number of hydrogen-bond donors (Lipinski definition) is 8. The van der Waals surface area contributed by atoms with Gasteiger partial charge in [0, 0.05) is 51.6 Å². The smallest absolute Gasteiger partial charge is 0.222 e. The van der Waals surface area contributed by atoms with Gasteiger partial charge in [-0.3, -0.25) is 9.59 Å². The van der Waals surface area contributed by atoms with E-state index in [-0.39, 0.29) is 44.6 Å². The number of aliphatic hydroxyl groups is 7. The monoisotopic (exact) mass is 636 g/mol. The van der Waals surface area contributed by atoms with Crippen LogP contribution in [-0.2, 0) is 23.8 Å². The second-order valence-electron chi connectivity index (χ2n) is 11.9. The average Bonchev–Trinajstić information content (AvgIpc) is 3.00. The largest absolute Gasteiger partial charge is 0.396 e. The Morgan fingerprint density at radius 2 is 1.41 bits per heavy atom. The van der Waals surface area contributed by atoms with Gasteiger partial charge in [-0.25, -0.2) is 0 Å². The highest BCUT2D eigenvalue weighted by atomic mass is 16.7. The summed E-state index contributed by atoms with van der Waals surface area (Å²) in [5.41, 5.74) is 0. The van der Waals surface area contributed by atoms with Gasteiger partial charge in [-0.2, -0.15) is 0 Å². The predicted molar refractivity (Wildman–Crippen MR) is 158 cm³/mol. The number of amides is 2. The van der Waals surface area contributed by atoms with Gasteiger partial charge < -0.3 is 60.2 Å². The molecule has 10 atom stereocenters. The van der Waals surface area contributed by atoms with Crippen LogP contribution in [0.25, 0.3) is 0 Å². The molecule has 1 heterocycles. The molecular weight excluding hydrogens is 580 g/mol. The third-order valence-electron chi connectivity index (χ3n) is 8.46. The third-order valence-corrected chi connectivity index (χ3v) is 8.46. The lowest BCUT2D eigenvalue weighted by atomic mass is 9.81. The van der Waals surface area contributed by atoms with E-state index < -0.39 is 61.0 Å². The fourth-order valence-corrected chi connectivity index (χ4v) is 5.62. The van der Waals surface area contributed by atoms with Crippen LogP contribution >= 0.6 is 0 Å². The number of carbonyl (C=O) groups is 2. The molecule has 0 spiro atoms. The van der Waals surface area contributed by atoms with E-state index in [1.165, 1.54) is 0 Å². The molecule has 2 aliphatic rings. The molecule has 44 heavy (non-hydrogen) atoms. The minimum absolute atomic E-state index is 0.0130. The van der Waals surface area contributed by atoms with E-state index >= 15 is 0 Å². The summed E-state index contributed by atoms with van der Waals surface area (Å²) >= 11 is 0. The summed E-state index contributed by atoms with van der Waals surface area (Å²) in [6.07, 6.45) is -4.00. The maximum absolute atomic E-state index is 13.1. The van der Waals surface area contributed by atoms with Gasteiger partial charge in [-0.15, -0.1) is 0 Å². The minimum atomic E-state index is -1.45. The van der Waals surface area contributed by atoms with Gasteiger partial charge in [0.05, 0.1) is 24.9 Å². The molecule has 258 valence electrons. The van der Waals surface area contributed by atoms with Gasteiger partial charge in [-0.1, -0.05) is 25.7 Å². The van der Waals surface area contributed by atoms with Crippen LogP contribution in [0.1, 0.15) is 78.1 Å². The lowest BCUT2D eigenvalue weighted by Gasteiger charge is -2.39. The summed E-state index contributed by atoms with van der Waals surface area (Å²) in [6, 6.07) is 0. The molecule has 8 N–H and O–H groups in total. The van der Waals surface area contributed by atoms with E-state index in [0.717, 1.165) is 32.1 Å². The van der Waals surface area contributed by atoms with Crippen molar-refractivity contribution >= 4 is 11.8 Å². The molecule has 0 radical (unpaired) electrons. The Bertz CT molecular complexity index is 821. The Morgan fingerprint density at radius 3 is 2.07 bits per heavy atom. The van der Waals surface area contributed by atoms with Gasteiger partial charge in [0.25, 0.3) is 0 Å². The topological polar surface area (TPSA) is 219 Å². The van der Waals surface area contributed by atoms with Crippen molar-refractivity contribution in [2.24, 2.45) is 5.92 Å². The number of unbranched alkanes of at least 4 members (excludes halogenated alkanes) is 5. The molecule has 14 nitrogen and oxygen atoms in total. The highest BCUT2D eigenvalue weighted by molar-refractivity contribution is 5.76. The summed E-state index contributed by atoms with van der Waals surface area (Å²) in [5, 5.41) is 72.8. The number of hydrogen-bond acceptors (Lipinski definition) is 12. The fourth-order valence-electron chi connectivity index (χ4n) is 5.62. The molecule has 0 aromatic heterocycles. The second kappa shape index (κ2) is 20.6. The van der Waals surface area contributed by atoms with Crippen molar-refractivity contribution in [2.75, 3.05) is 39.5 Å². The number of nitrogens with zero attached hydrogens (tertiary/aromatic N) is 1. The molecule has 0 unspecified atom stereocenters. The van der Waals surface area contributed by atoms with Crippen molar-refractivity contribution in [3.63, 3.8) is 0 Å². The molecule has 2 fully saturated rings. The van der Waals surface area contributed by atoms with Crippen LogP contribution in [-0.4, -0.2) is 147 Å². The summed E-state index contributed by atoms with van der Waals surface area (Å²) < 4.78 is 16.9. The van der Waals surface area contributed by atoms with Gasteiger partial charge in [0.2, 0.25) is 11.8 Å². The van der Waals surface area contributed by atoms with Crippen molar-refractivity contribution < 1.29 is 59.5 Å².